The van der Waals surface area contributed by atoms with Gasteiger partial charge in [-0.3, -0.25) is 4.79 Å². The zero-order valence-electron chi connectivity index (χ0n) is 9.41. The van der Waals surface area contributed by atoms with Gasteiger partial charge in [0.1, 0.15) is 0 Å². The molecule has 0 aliphatic carbocycles. The second-order valence-electron chi connectivity index (χ2n) is 3.67. The number of hydrogen-bond acceptors (Lipinski definition) is 3. The number of carbonyl (C=O) groups is 1. The molecule has 0 aliphatic heterocycles. The molecule has 0 radical (unpaired) electrons. The Kier molecular flexibility index (Phi) is 4.16. The summed E-state index contributed by atoms with van der Waals surface area (Å²) < 4.78 is 4.65. The molecular formula is C12H17NO2. The van der Waals surface area contributed by atoms with Crippen LogP contribution in [0.25, 0.3) is 0 Å². The van der Waals surface area contributed by atoms with Gasteiger partial charge in [0, 0.05) is 12.2 Å². The molecule has 0 bridgehead atoms. The van der Waals surface area contributed by atoms with Crippen LogP contribution in [0.15, 0.2) is 24.3 Å². The number of hydrogen-bond donors (Lipinski definition) is 1. The topological polar surface area (TPSA) is 38.3 Å². The predicted octanol–water partition coefficient (Wildman–Crippen LogP) is 2.22. The summed E-state index contributed by atoms with van der Waals surface area (Å²) in [6.07, 6.45) is 0. The van der Waals surface area contributed by atoms with Crippen LogP contribution in [0.3, 0.4) is 0 Å². The van der Waals surface area contributed by atoms with Crippen molar-refractivity contribution in [2.75, 3.05) is 19.0 Å². The van der Waals surface area contributed by atoms with E-state index in [0.29, 0.717) is 6.54 Å². The molecule has 3 heteroatoms. The maximum atomic E-state index is 11.1. The molecule has 1 rings (SSSR count). The van der Waals surface area contributed by atoms with Gasteiger partial charge < -0.3 is 10.1 Å². The molecule has 1 N–H and O–H groups in total. The average molecular weight is 207 g/mol. The van der Waals surface area contributed by atoms with Gasteiger partial charge in [-0.1, -0.05) is 19.1 Å². The van der Waals surface area contributed by atoms with Gasteiger partial charge in [0.25, 0.3) is 0 Å². The second-order valence-corrected chi connectivity index (χ2v) is 3.67. The molecule has 15 heavy (non-hydrogen) atoms. The van der Waals surface area contributed by atoms with Gasteiger partial charge in [-0.25, -0.2) is 0 Å². The van der Waals surface area contributed by atoms with Crippen LogP contribution < -0.4 is 5.32 Å². The molecule has 0 saturated heterocycles. The van der Waals surface area contributed by atoms with Crippen molar-refractivity contribution in [1.29, 1.82) is 0 Å². The highest BCUT2D eigenvalue weighted by molar-refractivity contribution is 5.72. The fourth-order valence-electron chi connectivity index (χ4n) is 1.31. The number of rotatable bonds is 4. The van der Waals surface area contributed by atoms with Crippen molar-refractivity contribution in [1.82, 2.24) is 0 Å². The lowest BCUT2D eigenvalue weighted by Crippen LogP contribution is -2.21. The highest BCUT2D eigenvalue weighted by atomic mass is 16.5. The van der Waals surface area contributed by atoms with Crippen molar-refractivity contribution >= 4 is 11.7 Å². The summed E-state index contributed by atoms with van der Waals surface area (Å²) in [7, 11) is 1.41. The van der Waals surface area contributed by atoms with Gasteiger partial charge in [0.2, 0.25) is 0 Å². The highest BCUT2D eigenvalue weighted by Crippen LogP contribution is 2.10. The normalized spacial score (nSPS) is 11.9. The van der Waals surface area contributed by atoms with Crippen LogP contribution in [0.4, 0.5) is 5.69 Å². The predicted molar refractivity (Wildman–Crippen MR) is 60.8 cm³/mol. The maximum Gasteiger partial charge on any atom is 0.310 e. The molecule has 0 aliphatic rings. The first-order valence-corrected chi connectivity index (χ1v) is 5.02. The number of methoxy groups -OCH3 is 1. The first-order chi connectivity index (χ1) is 7.13. The Balaban J connectivity index is 2.47. The first-order valence-electron chi connectivity index (χ1n) is 5.02. The summed E-state index contributed by atoms with van der Waals surface area (Å²) in [5.74, 6) is -0.314. The lowest BCUT2D eigenvalue weighted by molar-refractivity contribution is -0.144. The van der Waals surface area contributed by atoms with E-state index in [1.54, 1.807) is 0 Å². The van der Waals surface area contributed by atoms with Gasteiger partial charge >= 0.3 is 5.97 Å². The van der Waals surface area contributed by atoms with Crippen LogP contribution >= 0.6 is 0 Å². The Bertz CT molecular complexity index is 336. The Morgan fingerprint density at radius 2 is 2.27 bits per heavy atom. The minimum atomic E-state index is -0.185. The molecule has 3 nitrogen and oxygen atoms in total. The molecule has 0 amide bonds. The van der Waals surface area contributed by atoms with E-state index in [1.165, 1.54) is 12.7 Å². The Morgan fingerprint density at radius 1 is 1.53 bits per heavy atom. The van der Waals surface area contributed by atoms with Gasteiger partial charge in [-0.15, -0.1) is 0 Å². The van der Waals surface area contributed by atoms with Crippen LogP contribution in [0, 0.1) is 12.8 Å². The Morgan fingerprint density at radius 3 is 2.87 bits per heavy atom. The van der Waals surface area contributed by atoms with Crippen molar-refractivity contribution in [3.63, 3.8) is 0 Å². The number of carbonyl (C=O) groups excluding carboxylic acids is 1. The van der Waals surface area contributed by atoms with Crippen LogP contribution in [0.1, 0.15) is 12.5 Å². The summed E-state index contributed by atoms with van der Waals surface area (Å²) in [6.45, 7) is 4.47. The third-order valence-electron chi connectivity index (χ3n) is 2.23. The van der Waals surface area contributed by atoms with E-state index in [2.05, 4.69) is 10.1 Å². The molecule has 82 valence electrons. The van der Waals surface area contributed by atoms with Gasteiger partial charge in [-0.05, 0) is 24.6 Å². The standard InChI is InChI=1S/C12H17NO2/c1-9-5-4-6-11(7-9)13-8-10(2)12(14)15-3/h4-7,10,13H,8H2,1-3H3. The third kappa shape index (κ3) is 3.62. The van der Waals surface area contributed by atoms with E-state index in [4.69, 9.17) is 0 Å². The molecule has 0 spiro atoms. The van der Waals surface area contributed by atoms with E-state index in [1.807, 2.05) is 38.1 Å². The van der Waals surface area contributed by atoms with Gasteiger partial charge in [-0.2, -0.15) is 0 Å². The van der Waals surface area contributed by atoms with Crippen LogP contribution in [0.2, 0.25) is 0 Å². The summed E-state index contributed by atoms with van der Waals surface area (Å²) in [5, 5.41) is 3.20. The Labute approximate surface area is 90.4 Å². The van der Waals surface area contributed by atoms with Crippen molar-refractivity contribution in [2.45, 2.75) is 13.8 Å². The molecule has 0 saturated carbocycles. The quantitative estimate of drug-likeness (QED) is 0.769. The Hall–Kier alpha value is -1.51. The lowest BCUT2D eigenvalue weighted by atomic mass is 10.1. The van der Waals surface area contributed by atoms with Crippen molar-refractivity contribution in [2.24, 2.45) is 5.92 Å². The maximum absolute atomic E-state index is 11.1. The molecule has 1 atom stereocenters. The highest BCUT2D eigenvalue weighted by Gasteiger charge is 2.11. The van der Waals surface area contributed by atoms with E-state index >= 15 is 0 Å². The van der Waals surface area contributed by atoms with Crippen molar-refractivity contribution in [3.05, 3.63) is 29.8 Å². The van der Waals surface area contributed by atoms with E-state index in [0.717, 1.165) is 5.69 Å². The fraction of sp³-hybridized carbons (Fsp3) is 0.417. The van der Waals surface area contributed by atoms with Crippen LogP contribution in [0.5, 0.6) is 0 Å². The smallest absolute Gasteiger partial charge is 0.310 e. The molecule has 0 fully saturated rings. The first kappa shape index (κ1) is 11.6. The molecule has 1 aromatic carbocycles. The number of esters is 1. The van der Waals surface area contributed by atoms with Gasteiger partial charge in [0.15, 0.2) is 0 Å². The molecule has 1 unspecified atom stereocenters. The van der Waals surface area contributed by atoms with Crippen LogP contribution in [-0.2, 0) is 9.53 Å². The summed E-state index contributed by atoms with van der Waals surface area (Å²) in [4.78, 5) is 11.1. The zero-order valence-corrected chi connectivity index (χ0v) is 9.41. The van der Waals surface area contributed by atoms with E-state index < -0.39 is 0 Å². The number of nitrogens with one attached hydrogen (secondary N) is 1. The SMILES string of the molecule is COC(=O)C(C)CNc1cccc(C)c1. The number of ether oxygens (including phenoxy) is 1. The molecular weight excluding hydrogens is 190 g/mol. The number of benzene rings is 1. The summed E-state index contributed by atoms with van der Waals surface area (Å²) in [6, 6.07) is 8.05. The third-order valence-corrected chi connectivity index (χ3v) is 2.23. The molecule has 1 aromatic rings. The second kappa shape index (κ2) is 5.39. The van der Waals surface area contributed by atoms with Crippen molar-refractivity contribution < 1.29 is 9.53 Å². The summed E-state index contributed by atoms with van der Waals surface area (Å²) in [5.41, 5.74) is 2.23. The van der Waals surface area contributed by atoms with Crippen molar-refractivity contribution in [3.8, 4) is 0 Å². The zero-order chi connectivity index (χ0) is 11.3. The number of aryl methyl sites for hydroxylation is 1. The lowest BCUT2D eigenvalue weighted by Gasteiger charge is -2.11. The fourth-order valence-corrected chi connectivity index (χ4v) is 1.31. The van der Waals surface area contributed by atoms with E-state index in [-0.39, 0.29) is 11.9 Å². The minimum absolute atomic E-state index is 0.129. The minimum Gasteiger partial charge on any atom is -0.469 e. The molecule has 0 heterocycles. The van der Waals surface area contributed by atoms with Gasteiger partial charge in [0.05, 0.1) is 13.0 Å². The monoisotopic (exact) mass is 207 g/mol. The average Bonchev–Trinajstić information content (AvgIpc) is 2.25. The van der Waals surface area contributed by atoms with Crippen LogP contribution in [-0.4, -0.2) is 19.6 Å². The summed E-state index contributed by atoms with van der Waals surface area (Å²) >= 11 is 0. The largest absolute Gasteiger partial charge is 0.469 e. The molecule has 0 aromatic heterocycles. The van der Waals surface area contributed by atoms with E-state index in [9.17, 15) is 4.79 Å². The number of anilines is 1.